The van der Waals surface area contributed by atoms with Crippen molar-refractivity contribution in [3.63, 3.8) is 0 Å². The molecule has 0 spiro atoms. The van der Waals surface area contributed by atoms with Crippen molar-refractivity contribution in [2.75, 3.05) is 19.4 Å². The number of likely N-dealkylation sites (tertiary alicyclic amines) is 1. The number of ether oxygens (including phenoxy) is 2. The van der Waals surface area contributed by atoms with Gasteiger partial charge in [-0.2, -0.15) is 0 Å². The summed E-state index contributed by atoms with van der Waals surface area (Å²) in [4.78, 5) is 46.6. The van der Waals surface area contributed by atoms with Crippen molar-refractivity contribution in [1.29, 1.82) is 0 Å². The minimum Gasteiger partial charge on any atom is -0.481 e. The van der Waals surface area contributed by atoms with Crippen LogP contribution in [0.3, 0.4) is 0 Å². The predicted octanol–water partition coefficient (Wildman–Crippen LogP) is 3.46. The maximum absolute atomic E-state index is 11.8. The molecule has 0 radical (unpaired) electrons. The second-order valence-electron chi connectivity index (χ2n) is 8.08. The molecule has 0 aromatic heterocycles. The van der Waals surface area contributed by atoms with Crippen LogP contribution in [-0.2, 0) is 19.2 Å². The van der Waals surface area contributed by atoms with Crippen LogP contribution in [0.1, 0.15) is 45.1 Å². The van der Waals surface area contributed by atoms with Gasteiger partial charge in [-0.05, 0) is 43.3 Å². The van der Waals surface area contributed by atoms with Gasteiger partial charge >= 0.3 is 0 Å². The van der Waals surface area contributed by atoms with Crippen molar-refractivity contribution in [1.82, 2.24) is 10.2 Å². The number of hydrogen-bond acceptors (Lipinski definition) is 7. The molecule has 2 aromatic carbocycles. The van der Waals surface area contributed by atoms with Crippen LogP contribution in [0.15, 0.2) is 48.5 Å². The van der Waals surface area contributed by atoms with Crippen molar-refractivity contribution >= 4 is 29.3 Å². The molecule has 0 aliphatic carbocycles. The van der Waals surface area contributed by atoms with Crippen LogP contribution < -0.4 is 20.1 Å². The fourth-order valence-corrected chi connectivity index (χ4v) is 3.43. The standard InChI is InChI=1S/C13H16N2O3.C12H13NO3.C2H6/c1-14-9-3-5-10(6-4-9)18-11-7-8-12(16)15(2)13(11)17;1-8-2-4-9(5-3-8)16-10-6-7-11(14)13-12(10)15;1-2/h3-6,11,14H,7-8H2,1-2H3;2-5,10H,6-7H2,1H3,(H,13,14,15);1-2H3. The van der Waals surface area contributed by atoms with E-state index in [1.165, 1.54) is 7.05 Å². The monoisotopic (exact) mass is 497 g/mol. The molecular formula is C27H35N3O6. The zero-order valence-corrected chi connectivity index (χ0v) is 21.5. The Kier molecular flexibility index (Phi) is 10.9. The van der Waals surface area contributed by atoms with Crippen molar-refractivity contribution in [2.24, 2.45) is 0 Å². The molecule has 2 aliphatic rings. The number of rotatable bonds is 5. The lowest BCUT2D eigenvalue weighted by atomic mass is 10.1. The smallest absolute Gasteiger partial charge is 0.269 e. The topological polar surface area (TPSA) is 114 Å². The number of benzene rings is 2. The molecule has 0 bridgehead atoms. The van der Waals surface area contributed by atoms with E-state index < -0.39 is 12.2 Å². The highest BCUT2D eigenvalue weighted by Crippen LogP contribution is 2.21. The fourth-order valence-electron chi connectivity index (χ4n) is 3.43. The van der Waals surface area contributed by atoms with Gasteiger partial charge in [0.25, 0.3) is 11.8 Å². The number of amides is 4. The number of anilines is 1. The average Bonchev–Trinajstić information content (AvgIpc) is 2.89. The summed E-state index contributed by atoms with van der Waals surface area (Å²) < 4.78 is 11.1. The van der Waals surface area contributed by atoms with Gasteiger partial charge in [0.1, 0.15) is 11.5 Å². The summed E-state index contributed by atoms with van der Waals surface area (Å²) in [6.07, 6.45) is 0.450. The summed E-state index contributed by atoms with van der Waals surface area (Å²) in [5, 5.41) is 5.26. The van der Waals surface area contributed by atoms with Gasteiger partial charge < -0.3 is 14.8 Å². The minimum absolute atomic E-state index is 0.148. The molecule has 2 saturated heterocycles. The van der Waals surface area contributed by atoms with Crippen molar-refractivity contribution in [2.45, 2.75) is 58.7 Å². The van der Waals surface area contributed by atoms with Crippen LogP contribution in [0, 0.1) is 6.92 Å². The molecule has 2 N–H and O–H groups in total. The SMILES string of the molecule is CC.CNc1ccc(OC2CCC(=O)N(C)C2=O)cc1.Cc1ccc(OC2CCC(=O)NC2=O)cc1. The Morgan fingerprint density at radius 1 is 0.833 bits per heavy atom. The number of aryl methyl sites for hydroxylation is 1. The summed E-state index contributed by atoms with van der Waals surface area (Å²) in [5.41, 5.74) is 2.11. The number of nitrogens with one attached hydrogen (secondary N) is 2. The fraction of sp³-hybridized carbons (Fsp3) is 0.407. The molecule has 9 heteroatoms. The van der Waals surface area contributed by atoms with Gasteiger partial charge in [-0.25, -0.2) is 0 Å². The maximum Gasteiger partial charge on any atom is 0.269 e. The second kappa shape index (κ2) is 13.9. The van der Waals surface area contributed by atoms with Gasteiger partial charge in [-0.3, -0.25) is 29.4 Å². The highest BCUT2D eigenvalue weighted by Gasteiger charge is 2.33. The zero-order valence-electron chi connectivity index (χ0n) is 21.5. The zero-order chi connectivity index (χ0) is 26.7. The summed E-state index contributed by atoms with van der Waals surface area (Å²) in [5.74, 6) is 0.287. The number of carbonyl (C=O) groups excluding carboxylic acids is 4. The Labute approximate surface area is 212 Å². The van der Waals surface area contributed by atoms with Gasteiger partial charge in [0.05, 0.1) is 0 Å². The van der Waals surface area contributed by atoms with Crippen LogP contribution in [-0.4, -0.2) is 54.8 Å². The van der Waals surface area contributed by atoms with Gasteiger partial charge in [0, 0.05) is 45.5 Å². The summed E-state index contributed by atoms with van der Waals surface area (Å²) in [6.45, 7) is 5.98. The van der Waals surface area contributed by atoms with Gasteiger partial charge in [-0.1, -0.05) is 31.5 Å². The van der Waals surface area contributed by atoms with E-state index in [0.717, 1.165) is 16.2 Å². The first kappa shape index (κ1) is 28.4. The molecule has 2 atom stereocenters. The Balaban J connectivity index is 0.000000239. The van der Waals surface area contributed by atoms with Gasteiger partial charge in [-0.15, -0.1) is 0 Å². The largest absolute Gasteiger partial charge is 0.481 e. The Hall–Kier alpha value is -3.88. The molecule has 36 heavy (non-hydrogen) atoms. The third-order valence-electron chi connectivity index (χ3n) is 5.51. The van der Waals surface area contributed by atoms with Crippen molar-refractivity contribution in [3.05, 3.63) is 54.1 Å². The second-order valence-corrected chi connectivity index (χ2v) is 8.08. The van der Waals surface area contributed by atoms with Crippen LogP contribution in [0.4, 0.5) is 5.69 Å². The summed E-state index contributed by atoms with van der Waals surface area (Å²) in [7, 11) is 3.32. The van der Waals surface area contributed by atoms with Gasteiger partial charge in [0.15, 0.2) is 12.2 Å². The highest BCUT2D eigenvalue weighted by atomic mass is 16.5. The van der Waals surface area contributed by atoms with Crippen LogP contribution in [0.2, 0.25) is 0 Å². The molecule has 4 rings (SSSR count). The predicted molar refractivity (Wildman–Crippen MR) is 137 cm³/mol. The van der Waals surface area contributed by atoms with E-state index in [-0.39, 0.29) is 23.6 Å². The molecular weight excluding hydrogens is 462 g/mol. The third kappa shape index (κ3) is 8.11. The lowest BCUT2D eigenvalue weighted by Crippen LogP contribution is -2.47. The molecule has 2 unspecified atom stereocenters. The average molecular weight is 498 g/mol. The number of hydrogen-bond donors (Lipinski definition) is 2. The molecule has 2 fully saturated rings. The Morgan fingerprint density at radius 2 is 1.36 bits per heavy atom. The maximum atomic E-state index is 11.8. The number of nitrogens with zero attached hydrogens (tertiary/aromatic N) is 1. The van der Waals surface area contributed by atoms with Crippen LogP contribution in [0.25, 0.3) is 0 Å². The number of carbonyl (C=O) groups is 4. The first-order valence-corrected chi connectivity index (χ1v) is 12.1. The molecule has 4 amide bonds. The van der Waals surface area contributed by atoms with Crippen molar-refractivity contribution in [3.8, 4) is 11.5 Å². The first-order valence-electron chi connectivity index (χ1n) is 12.1. The van der Waals surface area contributed by atoms with Crippen LogP contribution >= 0.6 is 0 Å². The number of piperidine rings is 2. The molecule has 0 saturated carbocycles. The normalized spacial score (nSPS) is 19.2. The lowest BCUT2D eigenvalue weighted by molar-refractivity contribution is -0.152. The molecule has 2 heterocycles. The molecule has 2 aliphatic heterocycles. The van der Waals surface area contributed by atoms with E-state index in [9.17, 15) is 19.2 Å². The van der Waals surface area contributed by atoms with Crippen LogP contribution in [0.5, 0.6) is 11.5 Å². The molecule has 9 nitrogen and oxygen atoms in total. The number of likely N-dealkylation sites (N-methyl/N-ethyl adjacent to an activating group) is 1. The van der Waals surface area contributed by atoms with E-state index in [1.54, 1.807) is 12.1 Å². The summed E-state index contributed by atoms with van der Waals surface area (Å²) in [6, 6.07) is 14.8. The molecule has 194 valence electrons. The van der Waals surface area contributed by atoms with E-state index in [4.69, 9.17) is 9.47 Å². The third-order valence-corrected chi connectivity index (χ3v) is 5.51. The number of imide groups is 2. The first-order chi connectivity index (χ1) is 17.3. The van der Waals surface area contributed by atoms with E-state index in [2.05, 4.69) is 10.6 Å². The van der Waals surface area contributed by atoms with Crippen molar-refractivity contribution < 1.29 is 28.7 Å². The van der Waals surface area contributed by atoms with E-state index in [0.29, 0.717) is 37.2 Å². The Bertz CT molecular complexity index is 1040. The van der Waals surface area contributed by atoms with Gasteiger partial charge in [0.2, 0.25) is 11.8 Å². The minimum atomic E-state index is -0.562. The van der Waals surface area contributed by atoms with E-state index in [1.807, 2.05) is 64.2 Å². The van der Waals surface area contributed by atoms with E-state index >= 15 is 0 Å². The Morgan fingerprint density at radius 3 is 1.92 bits per heavy atom. The summed E-state index contributed by atoms with van der Waals surface area (Å²) >= 11 is 0. The lowest BCUT2D eigenvalue weighted by Gasteiger charge is -2.28. The highest BCUT2D eigenvalue weighted by molar-refractivity contribution is 6.00. The molecule has 2 aromatic rings. The quantitative estimate of drug-likeness (QED) is 0.608.